The van der Waals surface area contributed by atoms with Crippen LogP contribution in [0.3, 0.4) is 0 Å². The lowest BCUT2D eigenvalue weighted by atomic mass is 9.99. The summed E-state index contributed by atoms with van der Waals surface area (Å²) >= 11 is 0. The smallest absolute Gasteiger partial charge is 0.243 e. The zero-order valence-corrected chi connectivity index (χ0v) is 17.0. The zero-order chi connectivity index (χ0) is 20.0. The number of rotatable bonds is 6. The van der Waals surface area contributed by atoms with E-state index in [1.165, 1.54) is 11.1 Å². The number of guanidine groups is 1. The first kappa shape index (κ1) is 20.6. The lowest BCUT2D eigenvalue weighted by Crippen LogP contribution is -2.45. The fraction of sp³-hybridized carbons (Fsp3) is 0.500. The standard InChI is InChI=1S/C20H30N4O3/c1-14(2)11-21-20(22-12-19(25)23(3)4)24-8-7-15-9-17(26-5)18(27-6)10-16(15)13-24/h9-10H,1,7-8,11-13H2,2-6H3,(H,21,22). The number of carbonyl (C=O) groups excluding carboxylic acids is 1. The average Bonchev–Trinajstić information content (AvgIpc) is 2.65. The number of hydrogen-bond acceptors (Lipinski definition) is 4. The lowest BCUT2D eigenvalue weighted by molar-refractivity contribution is -0.127. The van der Waals surface area contributed by atoms with Crippen LogP contribution in [0.4, 0.5) is 0 Å². The number of ether oxygens (including phenoxy) is 2. The van der Waals surface area contributed by atoms with Gasteiger partial charge in [-0.05, 0) is 36.6 Å². The van der Waals surface area contributed by atoms with Gasteiger partial charge in [0.05, 0.1) is 14.2 Å². The molecule has 0 spiro atoms. The molecule has 1 aromatic carbocycles. The van der Waals surface area contributed by atoms with Gasteiger partial charge in [0.2, 0.25) is 5.91 Å². The molecule has 7 nitrogen and oxygen atoms in total. The number of fused-ring (bicyclic) bond motifs is 1. The van der Waals surface area contributed by atoms with Crippen LogP contribution in [0.5, 0.6) is 11.5 Å². The van der Waals surface area contributed by atoms with Gasteiger partial charge in [-0.1, -0.05) is 12.2 Å². The molecule has 0 unspecified atom stereocenters. The van der Waals surface area contributed by atoms with E-state index in [4.69, 9.17) is 9.47 Å². The quantitative estimate of drug-likeness (QED) is 0.466. The van der Waals surface area contributed by atoms with Crippen LogP contribution in [0.2, 0.25) is 0 Å². The molecule has 0 atom stereocenters. The zero-order valence-electron chi connectivity index (χ0n) is 17.0. The van der Waals surface area contributed by atoms with E-state index in [-0.39, 0.29) is 12.5 Å². The van der Waals surface area contributed by atoms with E-state index in [9.17, 15) is 4.79 Å². The average molecular weight is 374 g/mol. The number of aliphatic imine (C=N–C) groups is 1. The molecule has 0 saturated heterocycles. The highest BCUT2D eigenvalue weighted by molar-refractivity contribution is 5.85. The van der Waals surface area contributed by atoms with Gasteiger partial charge in [0.15, 0.2) is 17.5 Å². The maximum Gasteiger partial charge on any atom is 0.243 e. The summed E-state index contributed by atoms with van der Waals surface area (Å²) in [5.41, 5.74) is 3.42. The Morgan fingerprint density at radius 1 is 1.26 bits per heavy atom. The van der Waals surface area contributed by atoms with Crippen molar-refractivity contribution in [2.24, 2.45) is 4.99 Å². The summed E-state index contributed by atoms with van der Waals surface area (Å²) in [5, 5.41) is 3.31. The van der Waals surface area contributed by atoms with Gasteiger partial charge in [0, 0.05) is 33.7 Å². The number of amides is 1. The highest BCUT2D eigenvalue weighted by Gasteiger charge is 2.22. The molecule has 1 heterocycles. The second-order valence-corrected chi connectivity index (χ2v) is 6.89. The van der Waals surface area contributed by atoms with Crippen LogP contribution in [0.15, 0.2) is 29.3 Å². The summed E-state index contributed by atoms with van der Waals surface area (Å²) in [6, 6.07) is 4.06. The molecular formula is C20H30N4O3. The molecule has 1 amide bonds. The van der Waals surface area contributed by atoms with Crippen molar-refractivity contribution in [3.8, 4) is 11.5 Å². The number of carbonyl (C=O) groups is 1. The number of hydrogen-bond donors (Lipinski definition) is 1. The summed E-state index contributed by atoms with van der Waals surface area (Å²) in [6.45, 7) is 8.11. The summed E-state index contributed by atoms with van der Waals surface area (Å²) in [6.07, 6.45) is 0.866. The van der Waals surface area contributed by atoms with Crippen molar-refractivity contribution < 1.29 is 14.3 Å². The fourth-order valence-electron chi connectivity index (χ4n) is 2.85. The predicted octanol–water partition coefficient (Wildman–Crippen LogP) is 1.67. The Morgan fingerprint density at radius 2 is 1.89 bits per heavy atom. The Kier molecular flexibility index (Phi) is 7.10. The van der Waals surface area contributed by atoms with Gasteiger partial charge in [-0.25, -0.2) is 4.99 Å². The van der Waals surface area contributed by atoms with Crippen molar-refractivity contribution in [3.05, 3.63) is 35.4 Å². The number of nitrogens with zero attached hydrogens (tertiary/aromatic N) is 3. The molecule has 0 aliphatic carbocycles. The Morgan fingerprint density at radius 3 is 2.44 bits per heavy atom. The van der Waals surface area contributed by atoms with Gasteiger partial charge in [0.1, 0.15) is 6.54 Å². The molecule has 1 aliphatic heterocycles. The molecule has 0 fully saturated rings. The molecule has 0 aromatic heterocycles. The van der Waals surface area contributed by atoms with Gasteiger partial charge >= 0.3 is 0 Å². The second kappa shape index (κ2) is 9.30. The summed E-state index contributed by atoms with van der Waals surface area (Å²) in [4.78, 5) is 20.2. The van der Waals surface area contributed by atoms with Crippen LogP contribution in [-0.2, 0) is 17.8 Å². The highest BCUT2D eigenvalue weighted by Crippen LogP contribution is 2.33. The number of methoxy groups -OCH3 is 2. The minimum absolute atomic E-state index is 0.0339. The van der Waals surface area contributed by atoms with Crippen LogP contribution in [-0.4, -0.2) is 69.6 Å². The van der Waals surface area contributed by atoms with E-state index in [2.05, 4.69) is 21.8 Å². The van der Waals surface area contributed by atoms with Crippen molar-refractivity contribution in [3.63, 3.8) is 0 Å². The van der Waals surface area contributed by atoms with Gasteiger partial charge < -0.3 is 24.6 Å². The van der Waals surface area contributed by atoms with Gasteiger partial charge in [-0.3, -0.25) is 4.79 Å². The van der Waals surface area contributed by atoms with E-state index < -0.39 is 0 Å². The molecule has 1 N–H and O–H groups in total. The predicted molar refractivity (Wildman–Crippen MR) is 107 cm³/mol. The monoisotopic (exact) mass is 374 g/mol. The maximum absolute atomic E-state index is 11.9. The number of likely N-dealkylation sites (N-methyl/N-ethyl adjacent to an activating group) is 1. The van der Waals surface area contributed by atoms with E-state index in [0.29, 0.717) is 24.8 Å². The third-order valence-electron chi connectivity index (χ3n) is 4.43. The van der Waals surface area contributed by atoms with Crippen molar-refractivity contribution in [1.82, 2.24) is 15.1 Å². The van der Waals surface area contributed by atoms with Crippen LogP contribution >= 0.6 is 0 Å². The SMILES string of the molecule is C=C(C)CNC(=NCC(=O)N(C)C)N1CCc2cc(OC)c(OC)cc2C1. The molecule has 0 bridgehead atoms. The Hall–Kier alpha value is -2.70. The van der Waals surface area contributed by atoms with Crippen LogP contribution in [0.1, 0.15) is 18.1 Å². The summed E-state index contributed by atoms with van der Waals surface area (Å²) < 4.78 is 10.8. The largest absolute Gasteiger partial charge is 0.493 e. The molecule has 7 heteroatoms. The van der Waals surface area contributed by atoms with Crippen LogP contribution < -0.4 is 14.8 Å². The number of benzene rings is 1. The Balaban J connectivity index is 2.23. The van der Waals surface area contributed by atoms with Crippen molar-refractivity contribution >= 4 is 11.9 Å². The Bertz CT molecular complexity index is 728. The van der Waals surface area contributed by atoms with E-state index in [1.54, 1.807) is 33.2 Å². The second-order valence-electron chi connectivity index (χ2n) is 6.89. The minimum atomic E-state index is -0.0339. The molecule has 148 valence electrons. The van der Waals surface area contributed by atoms with Crippen LogP contribution in [0, 0.1) is 0 Å². The van der Waals surface area contributed by atoms with E-state index >= 15 is 0 Å². The number of nitrogens with one attached hydrogen (secondary N) is 1. The molecular weight excluding hydrogens is 344 g/mol. The van der Waals surface area contributed by atoms with Crippen molar-refractivity contribution in [2.45, 2.75) is 19.9 Å². The topological polar surface area (TPSA) is 66.4 Å². The summed E-state index contributed by atoms with van der Waals surface area (Å²) in [5.74, 6) is 2.15. The van der Waals surface area contributed by atoms with E-state index in [1.807, 2.05) is 19.1 Å². The van der Waals surface area contributed by atoms with Gasteiger partial charge in [-0.15, -0.1) is 0 Å². The third-order valence-corrected chi connectivity index (χ3v) is 4.43. The first-order valence-electron chi connectivity index (χ1n) is 8.97. The van der Waals surface area contributed by atoms with Crippen LogP contribution in [0.25, 0.3) is 0 Å². The highest BCUT2D eigenvalue weighted by atomic mass is 16.5. The fourth-order valence-corrected chi connectivity index (χ4v) is 2.85. The van der Waals surface area contributed by atoms with E-state index in [0.717, 1.165) is 24.3 Å². The molecule has 27 heavy (non-hydrogen) atoms. The minimum Gasteiger partial charge on any atom is -0.493 e. The lowest BCUT2D eigenvalue weighted by Gasteiger charge is -2.32. The first-order chi connectivity index (χ1) is 12.8. The molecule has 2 rings (SSSR count). The van der Waals surface area contributed by atoms with Gasteiger partial charge in [-0.2, -0.15) is 0 Å². The molecule has 0 saturated carbocycles. The molecule has 1 aromatic rings. The third kappa shape index (κ3) is 5.39. The summed E-state index contributed by atoms with van der Waals surface area (Å²) in [7, 11) is 6.75. The Labute approximate surface area is 161 Å². The first-order valence-corrected chi connectivity index (χ1v) is 8.97. The molecule has 1 aliphatic rings. The van der Waals surface area contributed by atoms with Crippen molar-refractivity contribution in [1.29, 1.82) is 0 Å². The van der Waals surface area contributed by atoms with Gasteiger partial charge in [0.25, 0.3) is 0 Å². The van der Waals surface area contributed by atoms with Crippen molar-refractivity contribution in [2.75, 3.05) is 47.9 Å². The maximum atomic E-state index is 11.9. The normalized spacial score (nSPS) is 13.7. The molecule has 0 radical (unpaired) electrons.